The van der Waals surface area contributed by atoms with Crippen molar-refractivity contribution in [1.29, 1.82) is 0 Å². The number of urea groups is 1. The number of quaternary nitrogens is 1. The first kappa shape index (κ1) is 24.4. The molecule has 3 fully saturated rings. The van der Waals surface area contributed by atoms with E-state index in [9.17, 15) is 14.0 Å². The molecule has 1 aliphatic carbocycles. The minimum Gasteiger partial charge on any atom is -0.331 e. The zero-order valence-corrected chi connectivity index (χ0v) is 20.9. The predicted molar refractivity (Wildman–Crippen MR) is 139 cm³/mol. The fourth-order valence-corrected chi connectivity index (χ4v) is 5.95. The van der Waals surface area contributed by atoms with Crippen molar-refractivity contribution in [3.63, 3.8) is 0 Å². The Bertz CT molecular complexity index is 1130. The molecule has 0 aromatic heterocycles. The maximum Gasteiger partial charge on any atom is 0.328 e. The number of hydrogen-bond donors (Lipinski definition) is 3. The number of benzene rings is 2. The Hall–Kier alpha value is -3.26. The van der Waals surface area contributed by atoms with Crippen molar-refractivity contribution < 1.29 is 18.9 Å². The molecule has 1 spiro atoms. The van der Waals surface area contributed by atoms with Crippen LogP contribution in [0, 0.1) is 5.82 Å². The number of amidine groups is 1. The molecule has 7 nitrogen and oxygen atoms in total. The van der Waals surface area contributed by atoms with Gasteiger partial charge in [-0.1, -0.05) is 37.5 Å². The summed E-state index contributed by atoms with van der Waals surface area (Å²) in [5.74, 6) is 0.337. The summed E-state index contributed by atoms with van der Waals surface area (Å²) in [6.07, 6.45) is 7.23. The van der Waals surface area contributed by atoms with Gasteiger partial charge in [0.15, 0.2) is 0 Å². The minimum atomic E-state index is -0.568. The second-order valence-corrected chi connectivity index (χ2v) is 10.4. The fourth-order valence-electron chi connectivity index (χ4n) is 5.95. The van der Waals surface area contributed by atoms with E-state index in [1.54, 1.807) is 11.0 Å². The predicted octanol–water partition coefficient (Wildman–Crippen LogP) is 3.66. The van der Waals surface area contributed by atoms with Crippen molar-refractivity contribution in [1.82, 2.24) is 5.32 Å². The number of carbonyl (C=O) groups is 2. The van der Waals surface area contributed by atoms with Crippen LogP contribution in [0.4, 0.5) is 20.6 Å². The number of piperidine rings is 1. The molecule has 1 saturated carbocycles. The summed E-state index contributed by atoms with van der Waals surface area (Å²) in [7, 11) is 0. The third-order valence-electron chi connectivity index (χ3n) is 7.76. The van der Waals surface area contributed by atoms with Crippen molar-refractivity contribution in [2.75, 3.05) is 23.3 Å². The van der Waals surface area contributed by atoms with E-state index in [4.69, 9.17) is 4.99 Å². The smallest absolute Gasteiger partial charge is 0.328 e. The van der Waals surface area contributed by atoms with Crippen LogP contribution >= 0.6 is 0 Å². The van der Waals surface area contributed by atoms with Gasteiger partial charge in [-0.05, 0) is 43.2 Å². The Balaban J connectivity index is 1.36. The minimum absolute atomic E-state index is 0.0806. The Kier molecular flexibility index (Phi) is 7.05. The van der Waals surface area contributed by atoms with Crippen LogP contribution in [-0.4, -0.2) is 42.4 Å². The maximum atomic E-state index is 14.2. The first-order valence-corrected chi connectivity index (χ1v) is 13.1. The fraction of sp³-hybridized carbons (Fsp3) is 0.464. The molecule has 190 valence electrons. The maximum absolute atomic E-state index is 14.2. The first-order valence-electron chi connectivity index (χ1n) is 13.1. The average Bonchev–Trinajstić information content (AvgIpc) is 3.12. The molecular weight excluding hydrogens is 457 g/mol. The molecule has 2 aromatic rings. The molecule has 0 atom stereocenters. The van der Waals surface area contributed by atoms with Crippen LogP contribution in [0.2, 0.25) is 0 Å². The SMILES string of the molecule is CC(=O)Nc1ccc(C[NH+]2CCC3(CC2)C(=NC2CCCCC2)NC(=O)N3c2cccc(F)c2)cc1. The Morgan fingerprint density at radius 2 is 1.86 bits per heavy atom. The Morgan fingerprint density at radius 3 is 2.53 bits per heavy atom. The molecule has 2 saturated heterocycles. The van der Waals surface area contributed by atoms with Crippen LogP contribution in [0.3, 0.4) is 0 Å². The van der Waals surface area contributed by atoms with Gasteiger partial charge < -0.3 is 10.2 Å². The molecule has 36 heavy (non-hydrogen) atoms. The molecule has 0 bridgehead atoms. The quantitative estimate of drug-likeness (QED) is 0.596. The van der Waals surface area contributed by atoms with Crippen LogP contribution < -0.4 is 20.4 Å². The van der Waals surface area contributed by atoms with Crippen molar-refractivity contribution in [2.24, 2.45) is 4.99 Å². The Morgan fingerprint density at radius 1 is 1.14 bits per heavy atom. The highest BCUT2D eigenvalue weighted by Crippen LogP contribution is 2.37. The summed E-state index contributed by atoms with van der Waals surface area (Å²) in [6.45, 7) is 4.12. The molecule has 3 aliphatic rings. The molecule has 0 radical (unpaired) electrons. The molecule has 2 heterocycles. The van der Waals surface area contributed by atoms with Gasteiger partial charge in [-0.25, -0.2) is 9.18 Å². The van der Waals surface area contributed by atoms with E-state index < -0.39 is 5.54 Å². The summed E-state index contributed by atoms with van der Waals surface area (Å²) < 4.78 is 14.2. The molecule has 3 amide bonds. The lowest BCUT2D eigenvalue weighted by Gasteiger charge is -2.42. The zero-order chi connectivity index (χ0) is 25.1. The van der Waals surface area contributed by atoms with Crippen LogP contribution in [0.15, 0.2) is 53.5 Å². The highest BCUT2D eigenvalue weighted by Gasteiger charge is 2.54. The van der Waals surface area contributed by atoms with Gasteiger partial charge in [0.1, 0.15) is 23.7 Å². The van der Waals surface area contributed by atoms with Gasteiger partial charge in [-0.2, -0.15) is 0 Å². The molecule has 2 aliphatic heterocycles. The summed E-state index contributed by atoms with van der Waals surface area (Å²) >= 11 is 0. The van der Waals surface area contributed by atoms with Crippen molar-refractivity contribution in [3.8, 4) is 0 Å². The summed E-state index contributed by atoms with van der Waals surface area (Å²) in [5, 5.41) is 5.89. The summed E-state index contributed by atoms with van der Waals surface area (Å²) in [6, 6.07) is 14.3. The largest absolute Gasteiger partial charge is 0.331 e. The van der Waals surface area contributed by atoms with Crippen molar-refractivity contribution in [3.05, 3.63) is 59.9 Å². The number of amides is 3. The van der Waals surface area contributed by atoms with E-state index in [-0.39, 0.29) is 23.8 Å². The lowest BCUT2D eigenvalue weighted by Crippen LogP contribution is -3.12. The number of nitrogens with zero attached hydrogens (tertiary/aromatic N) is 2. The van der Waals surface area contributed by atoms with Crippen LogP contribution in [0.25, 0.3) is 0 Å². The van der Waals surface area contributed by atoms with E-state index >= 15 is 0 Å². The average molecular weight is 493 g/mol. The Labute approximate surface area is 211 Å². The van der Waals surface area contributed by atoms with E-state index in [1.807, 2.05) is 18.2 Å². The van der Waals surface area contributed by atoms with Crippen LogP contribution in [0.5, 0.6) is 0 Å². The van der Waals surface area contributed by atoms with E-state index in [0.29, 0.717) is 5.69 Å². The molecule has 5 rings (SSSR count). The number of likely N-dealkylation sites (tertiary alicyclic amines) is 1. The normalized spacial score (nSPS) is 25.8. The molecule has 2 aromatic carbocycles. The number of halogens is 1. The van der Waals surface area contributed by atoms with E-state index in [0.717, 1.165) is 56.8 Å². The van der Waals surface area contributed by atoms with Gasteiger partial charge in [0.25, 0.3) is 0 Å². The van der Waals surface area contributed by atoms with Gasteiger partial charge >= 0.3 is 6.03 Å². The lowest BCUT2D eigenvalue weighted by atomic mass is 9.84. The standard InChI is InChI=1S/C28H34FN5O2/c1-20(35)30-24-12-10-21(11-13-24)19-33-16-14-28(15-17-33)26(31-23-7-3-2-4-8-23)32-27(36)34(28)25-9-5-6-22(29)18-25/h5-6,9-13,18,23H,2-4,7-8,14-17,19H2,1H3,(H,30,35)(H,31,32,36)/p+1. The third-order valence-corrected chi connectivity index (χ3v) is 7.76. The number of nitrogens with one attached hydrogen (secondary N) is 3. The van der Waals surface area contributed by atoms with Crippen LogP contribution in [-0.2, 0) is 11.3 Å². The topological polar surface area (TPSA) is 78.2 Å². The molecule has 8 heteroatoms. The van der Waals surface area contributed by atoms with E-state index in [2.05, 4.69) is 22.8 Å². The van der Waals surface area contributed by atoms with Crippen molar-refractivity contribution >= 4 is 29.1 Å². The zero-order valence-electron chi connectivity index (χ0n) is 20.9. The van der Waals surface area contributed by atoms with Gasteiger partial charge in [0, 0.05) is 36.7 Å². The van der Waals surface area contributed by atoms with Gasteiger partial charge in [0.2, 0.25) is 5.91 Å². The van der Waals surface area contributed by atoms with E-state index in [1.165, 1.54) is 48.8 Å². The monoisotopic (exact) mass is 492 g/mol. The molecular formula is C28H35FN5O2+. The number of carbonyl (C=O) groups excluding carboxylic acids is 2. The number of aliphatic imine (C=N–C) groups is 1. The second kappa shape index (κ2) is 10.4. The van der Waals surface area contributed by atoms with Gasteiger partial charge in [-0.15, -0.1) is 0 Å². The van der Waals surface area contributed by atoms with Crippen LogP contribution in [0.1, 0.15) is 57.4 Å². The molecule has 0 unspecified atom stereocenters. The second-order valence-electron chi connectivity index (χ2n) is 10.4. The van der Waals surface area contributed by atoms with Gasteiger partial charge in [0.05, 0.1) is 19.1 Å². The third kappa shape index (κ3) is 5.14. The molecule has 3 N–H and O–H groups in total. The number of rotatable bonds is 5. The number of anilines is 2. The highest BCUT2D eigenvalue weighted by atomic mass is 19.1. The number of hydrogen-bond acceptors (Lipinski definition) is 3. The van der Waals surface area contributed by atoms with Gasteiger partial charge in [-0.3, -0.25) is 20.0 Å². The highest BCUT2D eigenvalue weighted by molar-refractivity contribution is 6.19. The first-order chi connectivity index (χ1) is 17.4. The lowest BCUT2D eigenvalue weighted by molar-refractivity contribution is -0.919. The van der Waals surface area contributed by atoms with Crippen molar-refractivity contribution in [2.45, 2.75) is 70.0 Å². The summed E-state index contributed by atoms with van der Waals surface area (Å²) in [5.41, 5.74) is 2.01. The summed E-state index contributed by atoms with van der Waals surface area (Å²) in [4.78, 5) is 32.9.